The van der Waals surface area contributed by atoms with Gasteiger partial charge in [0, 0.05) is 0 Å². The molecular formula is C16H32O8. The second-order valence-electron chi connectivity index (χ2n) is 6.43. The van der Waals surface area contributed by atoms with Crippen molar-refractivity contribution >= 4 is 0 Å². The maximum absolute atomic E-state index is 10.1. The second-order valence-corrected chi connectivity index (χ2v) is 6.43. The molecule has 1 rings (SSSR count). The highest BCUT2D eigenvalue weighted by molar-refractivity contribution is 4.71. The highest BCUT2D eigenvalue weighted by Gasteiger charge is 2.22. The zero-order valence-corrected chi connectivity index (χ0v) is 14.8. The van der Waals surface area contributed by atoms with E-state index in [-0.39, 0.29) is 26.4 Å². The first-order chi connectivity index (χ1) is 11.4. The van der Waals surface area contributed by atoms with Gasteiger partial charge in [-0.05, 0) is 13.8 Å². The van der Waals surface area contributed by atoms with E-state index < -0.39 is 11.2 Å². The van der Waals surface area contributed by atoms with Gasteiger partial charge >= 0.3 is 0 Å². The number of rotatable bonds is 0. The van der Waals surface area contributed by atoms with Gasteiger partial charge in [0.1, 0.15) is 11.2 Å². The molecule has 0 bridgehead atoms. The Hall–Kier alpha value is -0.320. The maximum Gasteiger partial charge on any atom is 0.108 e. The van der Waals surface area contributed by atoms with Crippen LogP contribution < -0.4 is 0 Å². The number of hydrogen-bond acceptors (Lipinski definition) is 8. The highest BCUT2D eigenvalue weighted by Crippen LogP contribution is 2.06. The van der Waals surface area contributed by atoms with Crippen LogP contribution in [0.2, 0.25) is 0 Å². The Morgan fingerprint density at radius 2 is 0.667 bits per heavy atom. The van der Waals surface area contributed by atoms with Crippen LogP contribution >= 0.6 is 0 Å². The average Bonchev–Trinajstić information content (AvgIpc) is 2.50. The van der Waals surface area contributed by atoms with Gasteiger partial charge in [-0.15, -0.1) is 0 Å². The SMILES string of the molecule is CC1(O)COCCOCCOCC(C)(O)COCCOCCOC1. The Labute approximate surface area is 143 Å². The lowest BCUT2D eigenvalue weighted by molar-refractivity contribution is -0.110. The number of ether oxygens (including phenoxy) is 6. The molecule has 1 aliphatic heterocycles. The second kappa shape index (κ2) is 12.1. The fraction of sp³-hybridized carbons (Fsp3) is 1.00. The number of hydrogen-bond donors (Lipinski definition) is 2. The summed E-state index contributed by atoms with van der Waals surface area (Å²) in [6.07, 6.45) is 0. The molecule has 0 spiro atoms. The van der Waals surface area contributed by atoms with Gasteiger partial charge in [-0.1, -0.05) is 0 Å². The molecule has 144 valence electrons. The Morgan fingerprint density at radius 3 is 0.917 bits per heavy atom. The molecule has 0 saturated carbocycles. The normalized spacial score (nSPS) is 34.5. The largest absolute Gasteiger partial charge is 0.385 e. The summed E-state index contributed by atoms with van der Waals surface area (Å²) in [6.45, 7) is 7.17. The molecular weight excluding hydrogens is 320 g/mol. The maximum atomic E-state index is 10.1. The van der Waals surface area contributed by atoms with Crippen LogP contribution in [0.3, 0.4) is 0 Å². The molecule has 1 aliphatic rings. The van der Waals surface area contributed by atoms with Gasteiger partial charge in [0.15, 0.2) is 0 Å². The third-order valence-corrected chi connectivity index (χ3v) is 3.14. The van der Waals surface area contributed by atoms with Gasteiger partial charge in [0.2, 0.25) is 0 Å². The molecule has 2 N–H and O–H groups in total. The standard InChI is InChI=1S/C16H32O8/c1-15(17)11-21-7-3-19-5-9-23-13-16(2,18)14-24-10-6-20-4-8-22-12-15/h17-18H,3-14H2,1-2H3. The molecule has 0 aromatic carbocycles. The molecule has 24 heavy (non-hydrogen) atoms. The molecule has 0 amide bonds. The topological polar surface area (TPSA) is 95.8 Å². The first-order valence-corrected chi connectivity index (χ1v) is 8.33. The fourth-order valence-corrected chi connectivity index (χ4v) is 1.93. The van der Waals surface area contributed by atoms with Gasteiger partial charge in [-0.2, -0.15) is 0 Å². The summed E-state index contributed by atoms with van der Waals surface area (Å²) in [6, 6.07) is 0. The van der Waals surface area contributed by atoms with E-state index in [9.17, 15) is 10.2 Å². The van der Waals surface area contributed by atoms with Crippen molar-refractivity contribution in [2.45, 2.75) is 25.0 Å². The van der Waals surface area contributed by atoms with Crippen molar-refractivity contribution in [2.75, 3.05) is 79.3 Å². The summed E-state index contributed by atoms with van der Waals surface area (Å²) >= 11 is 0. The summed E-state index contributed by atoms with van der Waals surface area (Å²) < 4.78 is 32.2. The monoisotopic (exact) mass is 352 g/mol. The van der Waals surface area contributed by atoms with Crippen molar-refractivity contribution in [1.82, 2.24) is 0 Å². The first-order valence-electron chi connectivity index (χ1n) is 8.33. The Morgan fingerprint density at radius 1 is 0.458 bits per heavy atom. The van der Waals surface area contributed by atoms with Crippen molar-refractivity contribution in [3.05, 3.63) is 0 Å². The van der Waals surface area contributed by atoms with Crippen molar-refractivity contribution < 1.29 is 38.6 Å². The minimum absolute atomic E-state index is 0.171. The summed E-state index contributed by atoms with van der Waals surface area (Å²) in [4.78, 5) is 0. The average molecular weight is 352 g/mol. The predicted molar refractivity (Wildman–Crippen MR) is 86.2 cm³/mol. The third-order valence-electron chi connectivity index (χ3n) is 3.14. The van der Waals surface area contributed by atoms with E-state index >= 15 is 0 Å². The van der Waals surface area contributed by atoms with Crippen molar-refractivity contribution in [2.24, 2.45) is 0 Å². The summed E-state index contributed by atoms with van der Waals surface area (Å²) in [5.41, 5.74) is -2.09. The van der Waals surface area contributed by atoms with E-state index in [0.717, 1.165) is 0 Å². The van der Waals surface area contributed by atoms with Crippen LogP contribution in [-0.2, 0) is 28.4 Å². The molecule has 1 heterocycles. The lowest BCUT2D eigenvalue weighted by atomic mass is 10.1. The molecule has 1 saturated heterocycles. The Bertz CT molecular complexity index is 254. The molecule has 0 aromatic rings. The van der Waals surface area contributed by atoms with E-state index in [2.05, 4.69) is 0 Å². The van der Waals surface area contributed by atoms with Crippen LogP contribution in [0, 0.1) is 0 Å². The third kappa shape index (κ3) is 12.1. The first kappa shape index (κ1) is 21.7. The highest BCUT2D eigenvalue weighted by atomic mass is 16.6. The van der Waals surface area contributed by atoms with E-state index in [1.807, 2.05) is 0 Å². The predicted octanol–water partition coefficient (Wildman–Crippen LogP) is -0.398. The van der Waals surface area contributed by atoms with Crippen LogP contribution in [0.5, 0.6) is 0 Å². The van der Waals surface area contributed by atoms with E-state index in [1.54, 1.807) is 13.8 Å². The molecule has 0 unspecified atom stereocenters. The van der Waals surface area contributed by atoms with Gasteiger partial charge in [0.05, 0.1) is 79.3 Å². The Balaban J connectivity index is 2.29. The molecule has 1 fully saturated rings. The van der Waals surface area contributed by atoms with E-state index in [0.29, 0.717) is 52.9 Å². The minimum atomic E-state index is -1.04. The van der Waals surface area contributed by atoms with Crippen LogP contribution in [0.15, 0.2) is 0 Å². The zero-order chi connectivity index (χ0) is 17.7. The smallest absolute Gasteiger partial charge is 0.108 e. The molecule has 0 aromatic heterocycles. The molecule has 0 atom stereocenters. The van der Waals surface area contributed by atoms with Gasteiger partial charge < -0.3 is 38.6 Å². The van der Waals surface area contributed by atoms with Crippen molar-refractivity contribution in [3.63, 3.8) is 0 Å². The minimum Gasteiger partial charge on any atom is -0.385 e. The van der Waals surface area contributed by atoms with E-state index in [1.165, 1.54) is 0 Å². The van der Waals surface area contributed by atoms with Gasteiger partial charge in [0.25, 0.3) is 0 Å². The van der Waals surface area contributed by atoms with Gasteiger partial charge in [-0.3, -0.25) is 0 Å². The number of aliphatic hydroxyl groups is 2. The summed E-state index contributed by atoms with van der Waals surface area (Å²) in [5, 5.41) is 20.2. The van der Waals surface area contributed by atoms with Crippen molar-refractivity contribution in [3.8, 4) is 0 Å². The van der Waals surface area contributed by atoms with Crippen LogP contribution in [0.4, 0.5) is 0 Å². The van der Waals surface area contributed by atoms with E-state index in [4.69, 9.17) is 28.4 Å². The zero-order valence-electron chi connectivity index (χ0n) is 14.8. The van der Waals surface area contributed by atoms with Crippen LogP contribution in [0.1, 0.15) is 13.8 Å². The fourth-order valence-electron chi connectivity index (χ4n) is 1.93. The van der Waals surface area contributed by atoms with Crippen LogP contribution in [-0.4, -0.2) is 101 Å². The molecule has 8 heteroatoms. The lowest BCUT2D eigenvalue weighted by Gasteiger charge is -2.24. The molecule has 8 nitrogen and oxygen atoms in total. The van der Waals surface area contributed by atoms with Crippen molar-refractivity contribution in [1.29, 1.82) is 0 Å². The summed E-state index contributed by atoms with van der Waals surface area (Å²) in [5.74, 6) is 0. The molecule has 0 radical (unpaired) electrons. The quantitative estimate of drug-likeness (QED) is 0.608. The Kier molecular flexibility index (Phi) is 11.0. The lowest BCUT2D eigenvalue weighted by Crippen LogP contribution is -2.37. The summed E-state index contributed by atoms with van der Waals surface area (Å²) in [7, 11) is 0. The molecule has 0 aliphatic carbocycles. The van der Waals surface area contributed by atoms with Crippen LogP contribution in [0.25, 0.3) is 0 Å². The van der Waals surface area contributed by atoms with Gasteiger partial charge in [-0.25, -0.2) is 0 Å².